The van der Waals surface area contributed by atoms with E-state index in [1.165, 1.54) is 0 Å². The number of hydrogen-bond donors (Lipinski definition) is 3. The van der Waals surface area contributed by atoms with Gasteiger partial charge < -0.3 is 20.5 Å². The topological polar surface area (TPSA) is 87.7 Å². The van der Waals surface area contributed by atoms with Crippen molar-refractivity contribution < 1.29 is 19.4 Å². The molecule has 0 aliphatic rings. The number of benzene rings is 2. The molecule has 0 heterocycles. The van der Waals surface area contributed by atoms with E-state index >= 15 is 0 Å². The third-order valence-corrected chi connectivity index (χ3v) is 3.81. The number of ether oxygens (including phenoxy) is 1. The first-order valence-electron chi connectivity index (χ1n) is 8.00. The molecule has 0 saturated carbocycles. The molecule has 0 fully saturated rings. The van der Waals surface area contributed by atoms with Crippen molar-refractivity contribution in [2.45, 2.75) is 19.4 Å². The fraction of sp³-hybridized carbons (Fsp3) is 0.263. The van der Waals surface area contributed by atoms with Gasteiger partial charge in [-0.15, -0.1) is 0 Å². The fourth-order valence-corrected chi connectivity index (χ4v) is 2.30. The van der Waals surface area contributed by atoms with Gasteiger partial charge in [-0.3, -0.25) is 9.59 Å². The molecule has 0 bridgehead atoms. The first-order valence-corrected chi connectivity index (χ1v) is 8.00. The van der Waals surface area contributed by atoms with Crippen molar-refractivity contribution in [1.29, 1.82) is 0 Å². The van der Waals surface area contributed by atoms with Crippen LogP contribution in [0.4, 0.5) is 0 Å². The molecule has 0 spiro atoms. The molecule has 2 rings (SSSR count). The van der Waals surface area contributed by atoms with Gasteiger partial charge in [-0.25, -0.2) is 0 Å². The molecule has 1 atom stereocenters. The Bertz CT molecular complexity index is 711. The van der Waals surface area contributed by atoms with Gasteiger partial charge in [0.05, 0.1) is 13.2 Å². The molecule has 0 aliphatic heterocycles. The molecule has 6 nitrogen and oxygen atoms in total. The summed E-state index contributed by atoms with van der Waals surface area (Å²) in [6, 6.07) is 13.7. The number of phenolic OH excluding ortho intramolecular Hbond substituents is 1. The third-order valence-electron chi connectivity index (χ3n) is 3.81. The highest BCUT2D eigenvalue weighted by atomic mass is 16.5. The molecule has 132 valence electrons. The first kappa shape index (κ1) is 18.3. The number of amides is 2. The standard InChI is InChI=1S/C19H22N2O4/c1-13(15-5-9-17(25-2)10-6-15)21-19(24)18(23)20-12-11-14-3-7-16(22)8-4-14/h3-10,13,22H,11-12H2,1-2H3,(H,20,23)(H,21,24). The highest BCUT2D eigenvalue weighted by Crippen LogP contribution is 2.17. The van der Waals surface area contributed by atoms with Crippen molar-refractivity contribution in [3.8, 4) is 11.5 Å². The largest absolute Gasteiger partial charge is 0.508 e. The summed E-state index contributed by atoms with van der Waals surface area (Å²) in [6.07, 6.45) is 0.577. The number of aromatic hydroxyl groups is 1. The Hall–Kier alpha value is -3.02. The number of methoxy groups -OCH3 is 1. The van der Waals surface area contributed by atoms with E-state index in [1.54, 1.807) is 43.5 Å². The molecule has 0 radical (unpaired) electrons. The second-order valence-corrected chi connectivity index (χ2v) is 5.64. The van der Waals surface area contributed by atoms with Crippen molar-refractivity contribution >= 4 is 11.8 Å². The lowest BCUT2D eigenvalue weighted by atomic mass is 10.1. The van der Waals surface area contributed by atoms with Gasteiger partial charge in [-0.05, 0) is 48.7 Å². The highest BCUT2D eigenvalue weighted by molar-refractivity contribution is 6.35. The van der Waals surface area contributed by atoms with Gasteiger partial charge >= 0.3 is 11.8 Å². The zero-order valence-corrected chi connectivity index (χ0v) is 14.3. The first-order chi connectivity index (χ1) is 12.0. The van der Waals surface area contributed by atoms with Crippen LogP contribution in [-0.4, -0.2) is 30.6 Å². The summed E-state index contributed by atoms with van der Waals surface area (Å²) in [7, 11) is 1.59. The van der Waals surface area contributed by atoms with E-state index < -0.39 is 11.8 Å². The summed E-state index contributed by atoms with van der Waals surface area (Å²) in [5, 5.41) is 14.5. The van der Waals surface area contributed by atoms with Crippen LogP contribution in [0.3, 0.4) is 0 Å². The Kier molecular flexibility index (Phi) is 6.39. The van der Waals surface area contributed by atoms with Crippen LogP contribution in [-0.2, 0) is 16.0 Å². The zero-order chi connectivity index (χ0) is 18.2. The SMILES string of the molecule is COc1ccc(C(C)NC(=O)C(=O)NCCc2ccc(O)cc2)cc1. The smallest absolute Gasteiger partial charge is 0.309 e. The Morgan fingerprint density at radius 1 is 1.04 bits per heavy atom. The van der Waals surface area contributed by atoms with Crippen molar-refractivity contribution in [1.82, 2.24) is 10.6 Å². The quantitative estimate of drug-likeness (QED) is 0.700. The fourth-order valence-electron chi connectivity index (χ4n) is 2.30. The van der Waals surface area contributed by atoms with E-state index in [0.29, 0.717) is 13.0 Å². The minimum absolute atomic E-state index is 0.194. The average molecular weight is 342 g/mol. The van der Waals surface area contributed by atoms with Gasteiger partial charge in [-0.1, -0.05) is 24.3 Å². The molecule has 2 aromatic carbocycles. The second kappa shape index (κ2) is 8.73. The Labute approximate surface area is 146 Å². The maximum atomic E-state index is 12.0. The average Bonchev–Trinajstić information content (AvgIpc) is 2.63. The van der Waals surface area contributed by atoms with Crippen LogP contribution in [0.1, 0.15) is 24.1 Å². The summed E-state index contributed by atoms with van der Waals surface area (Å²) < 4.78 is 5.09. The molecule has 0 saturated heterocycles. The summed E-state index contributed by atoms with van der Waals surface area (Å²) in [6.45, 7) is 2.15. The Morgan fingerprint density at radius 3 is 2.28 bits per heavy atom. The molecule has 1 unspecified atom stereocenters. The number of rotatable bonds is 6. The molecule has 2 amide bonds. The maximum Gasteiger partial charge on any atom is 0.309 e. The lowest BCUT2D eigenvalue weighted by molar-refractivity contribution is -0.139. The molecular formula is C19H22N2O4. The molecular weight excluding hydrogens is 320 g/mol. The number of carbonyl (C=O) groups excluding carboxylic acids is 2. The summed E-state index contributed by atoms with van der Waals surface area (Å²) >= 11 is 0. The van der Waals surface area contributed by atoms with Gasteiger partial charge in [0.15, 0.2) is 0 Å². The minimum atomic E-state index is -0.672. The van der Waals surface area contributed by atoms with E-state index in [1.807, 2.05) is 19.1 Å². The molecule has 0 aromatic heterocycles. The number of hydrogen-bond acceptors (Lipinski definition) is 4. The predicted molar refractivity (Wildman–Crippen MR) is 94.4 cm³/mol. The van der Waals surface area contributed by atoms with Gasteiger partial charge in [-0.2, -0.15) is 0 Å². The van der Waals surface area contributed by atoms with Crippen LogP contribution in [0.15, 0.2) is 48.5 Å². The van der Waals surface area contributed by atoms with E-state index in [9.17, 15) is 14.7 Å². The van der Waals surface area contributed by atoms with Crippen LogP contribution in [0.2, 0.25) is 0 Å². The predicted octanol–water partition coefficient (Wildman–Crippen LogP) is 1.94. The second-order valence-electron chi connectivity index (χ2n) is 5.64. The number of carbonyl (C=O) groups is 2. The van der Waals surface area contributed by atoms with Crippen LogP contribution in [0.5, 0.6) is 11.5 Å². The lowest BCUT2D eigenvalue weighted by Crippen LogP contribution is -2.41. The molecule has 6 heteroatoms. The van der Waals surface area contributed by atoms with Gasteiger partial charge in [0.1, 0.15) is 11.5 Å². The van der Waals surface area contributed by atoms with E-state index in [4.69, 9.17) is 4.74 Å². The van der Waals surface area contributed by atoms with E-state index in [2.05, 4.69) is 10.6 Å². The van der Waals surface area contributed by atoms with Gasteiger partial charge in [0, 0.05) is 6.54 Å². The molecule has 2 aromatic rings. The molecule has 25 heavy (non-hydrogen) atoms. The van der Waals surface area contributed by atoms with Crippen molar-refractivity contribution in [2.75, 3.05) is 13.7 Å². The van der Waals surface area contributed by atoms with Crippen LogP contribution < -0.4 is 15.4 Å². The van der Waals surface area contributed by atoms with E-state index in [0.717, 1.165) is 16.9 Å². The normalized spacial score (nSPS) is 11.4. The number of nitrogens with one attached hydrogen (secondary N) is 2. The molecule has 3 N–H and O–H groups in total. The summed E-state index contributed by atoms with van der Waals surface area (Å²) in [5.74, 6) is -0.415. The van der Waals surface area contributed by atoms with Gasteiger partial charge in [0.25, 0.3) is 0 Å². The summed E-state index contributed by atoms with van der Waals surface area (Å²) in [4.78, 5) is 23.8. The molecule has 0 aliphatic carbocycles. The Balaban J connectivity index is 1.78. The van der Waals surface area contributed by atoms with E-state index in [-0.39, 0.29) is 11.8 Å². The highest BCUT2D eigenvalue weighted by Gasteiger charge is 2.16. The maximum absolute atomic E-state index is 12.0. The van der Waals surface area contributed by atoms with Crippen molar-refractivity contribution in [3.05, 3.63) is 59.7 Å². The van der Waals surface area contributed by atoms with Crippen molar-refractivity contribution in [3.63, 3.8) is 0 Å². The lowest BCUT2D eigenvalue weighted by Gasteiger charge is -2.14. The zero-order valence-electron chi connectivity index (χ0n) is 14.3. The van der Waals surface area contributed by atoms with Crippen molar-refractivity contribution in [2.24, 2.45) is 0 Å². The van der Waals surface area contributed by atoms with Gasteiger partial charge in [0.2, 0.25) is 0 Å². The monoisotopic (exact) mass is 342 g/mol. The number of phenols is 1. The van der Waals surface area contributed by atoms with Crippen LogP contribution in [0.25, 0.3) is 0 Å². The third kappa shape index (κ3) is 5.53. The van der Waals surface area contributed by atoms with Crippen LogP contribution in [0, 0.1) is 0 Å². The summed E-state index contributed by atoms with van der Waals surface area (Å²) in [5.41, 5.74) is 1.84. The van der Waals surface area contributed by atoms with Crippen LogP contribution >= 0.6 is 0 Å². The Morgan fingerprint density at radius 2 is 1.68 bits per heavy atom. The minimum Gasteiger partial charge on any atom is -0.508 e.